The second-order valence-electron chi connectivity index (χ2n) is 5.12. The summed E-state index contributed by atoms with van der Waals surface area (Å²) in [4.78, 5) is 51.9. The fourth-order valence-corrected chi connectivity index (χ4v) is 2.94. The topological polar surface area (TPSA) is 117 Å². The van der Waals surface area contributed by atoms with E-state index in [1.54, 1.807) is 24.3 Å². The molecule has 1 N–H and O–H groups in total. The van der Waals surface area contributed by atoms with Crippen LogP contribution in [0.25, 0.3) is 10.9 Å². The molecule has 0 saturated heterocycles. The molecule has 1 atom stereocenters. The van der Waals surface area contributed by atoms with E-state index in [1.165, 1.54) is 14.0 Å². The Balaban J connectivity index is 2.42. The van der Waals surface area contributed by atoms with Gasteiger partial charge in [0.2, 0.25) is 5.91 Å². The third-order valence-corrected chi connectivity index (χ3v) is 4.49. The lowest BCUT2D eigenvalue weighted by molar-refractivity contribution is -0.141. The van der Waals surface area contributed by atoms with Crippen LogP contribution in [0.1, 0.15) is 6.92 Å². The Bertz CT molecular complexity index is 910. The minimum absolute atomic E-state index is 0.159. The van der Waals surface area contributed by atoms with E-state index >= 15 is 0 Å². The first-order valence-electron chi connectivity index (χ1n) is 7.49. The zero-order valence-electron chi connectivity index (χ0n) is 14.3. The monoisotopic (exact) mass is 379 g/mol. The van der Waals surface area contributed by atoms with E-state index < -0.39 is 28.8 Å². The molecule has 1 aromatic heterocycles. The van der Waals surface area contributed by atoms with Crippen molar-refractivity contribution in [2.45, 2.75) is 23.9 Å². The van der Waals surface area contributed by atoms with Crippen LogP contribution in [0.3, 0.4) is 0 Å². The molecule has 26 heavy (non-hydrogen) atoms. The molecule has 0 unspecified atom stereocenters. The number of ether oxygens (including phenoxy) is 2. The van der Waals surface area contributed by atoms with Crippen molar-refractivity contribution in [2.24, 2.45) is 0 Å². The van der Waals surface area contributed by atoms with Crippen molar-refractivity contribution in [3.05, 3.63) is 34.6 Å². The van der Waals surface area contributed by atoms with Gasteiger partial charge in [-0.3, -0.25) is 24.3 Å². The average Bonchev–Trinajstić information content (AvgIpc) is 2.64. The second-order valence-corrected chi connectivity index (χ2v) is 6.43. The maximum absolute atomic E-state index is 12.7. The quantitative estimate of drug-likeness (QED) is 0.463. The Morgan fingerprint density at radius 3 is 2.58 bits per heavy atom. The fraction of sp³-hybridized carbons (Fsp3) is 0.312. The van der Waals surface area contributed by atoms with E-state index in [-0.39, 0.29) is 11.7 Å². The van der Waals surface area contributed by atoms with Crippen LogP contribution in [-0.4, -0.2) is 47.0 Å². The molecule has 0 bridgehead atoms. The zero-order valence-corrected chi connectivity index (χ0v) is 15.2. The average molecular weight is 379 g/mol. The zero-order chi connectivity index (χ0) is 19.3. The Kier molecular flexibility index (Phi) is 6.34. The summed E-state index contributed by atoms with van der Waals surface area (Å²) in [5.74, 6) is -1.24. The molecular weight excluding hydrogens is 362 g/mol. The van der Waals surface area contributed by atoms with Gasteiger partial charge in [0.15, 0.2) is 5.16 Å². The van der Waals surface area contributed by atoms with Crippen molar-refractivity contribution in [1.29, 1.82) is 0 Å². The third kappa shape index (κ3) is 4.39. The number of thioether (sulfide) groups is 1. The van der Waals surface area contributed by atoms with Crippen molar-refractivity contribution in [2.75, 3.05) is 14.2 Å². The Hall–Kier alpha value is -2.88. The molecule has 1 aromatic carbocycles. The van der Waals surface area contributed by atoms with Gasteiger partial charge >= 0.3 is 12.1 Å². The number of nitrogens with zero attached hydrogens (tertiary/aromatic N) is 2. The number of esters is 1. The summed E-state index contributed by atoms with van der Waals surface area (Å²) >= 11 is 0.937. The predicted molar refractivity (Wildman–Crippen MR) is 93.9 cm³/mol. The number of alkyl carbamates (subject to hydrolysis) is 1. The molecule has 10 heteroatoms. The van der Waals surface area contributed by atoms with E-state index in [9.17, 15) is 19.2 Å². The number of rotatable bonds is 5. The number of hydrogen-bond donors (Lipinski definition) is 1. The summed E-state index contributed by atoms with van der Waals surface area (Å²) in [5, 5.41) is 1.77. The SMILES string of the molecule is COC(=O)Cn1c(S[C@@H](C)C(=O)NC(=O)OC)nc2ccccc2c1=O. The minimum Gasteiger partial charge on any atom is -0.468 e. The summed E-state index contributed by atoms with van der Waals surface area (Å²) in [7, 11) is 2.35. The number of amides is 2. The summed E-state index contributed by atoms with van der Waals surface area (Å²) in [6.45, 7) is 1.19. The number of carbonyl (C=O) groups is 3. The molecular formula is C16H17N3O6S. The van der Waals surface area contributed by atoms with Crippen LogP contribution in [0.4, 0.5) is 4.79 Å². The van der Waals surface area contributed by atoms with Gasteiger partial charge in [-0.05, 0) is 19.1 Å². The van der Waals surface area contributed by atoms with Crippen LogP contribution >= 0.6 is 11.8 Å². The van der Waals surface area contributed by atoms with Crippen molar-refractivity contribution in [1.82, 2.24) is 14.9 Å². The summed E-state index contributed by atoms with van der Waals surface area (Å²) in [5.41, 5.74) is 0.00534. The van der Waals surface area contributed by atoms with Crippen LogP contribution in [0.15, 0.2) is 34.2 Å². The molecule has 2 amide bonds. The molecule has 0 spiro atoms. The van der Waals surface area contributed by atoms with E-state index in [2.05, 4.69) is 14.5 Å². The van der Waals surface area contributed by atoms with Crippen LogP contribution < -0.4 is 10.9 Å². The first-order valence-corrected chi connectivity index (χ1v) is 8.37. The van der Waals surface area contributed by atoms with Crippen LogP contribution in [0.5, 0.6) is 0 Å². The van der Waals surface area contributed by atoms with E-state index in [4.69, 9.17) is 0 Å². The Labute approximate surface area is 152 Å². The summed E-state index contributed by atoms with van der Waals surface area (Å²) in [6.07, 6.45) is -0.888. The molecule has 0 aliphatic rings. The first-order chi connectivity index (χ1) is 12.4. The van der Waals surface area contributed by atoms with Crippen LogP contribution in [0, 0.1) is 0 Å². The van der Waals surface area contributed by atoms with Crippen molar-refractivity contribution >= 4 is 40.6 Å². The van der Waals surface area contributed by atoms with Gasteiger partial charge < -0.3 is 9.47 Å². The second kappa shape index (κ2) is 8.48. The number of benzene rings is 1. The van der Waals surface area contributed by atoms with Crippen LogP contribution in [-0.2, 0) is 25.6 Å². The summed E-state index contributed by atoms with van der Waals surface area (Å²) in [6, 6.07) is 6.66. The number of aromatic nitrogens is 2. The highest BCUT2D eigenvalue weighted by atomic mass is 32.2. The predicted octanol–water partition coefficient (Wildman–Crippen LogP) is 0.933. The first kappa shape index (κ1) is 19.4. The maximum atomic E-state index is 12.7. The molecule has 0 radical (unpaired) electrons. The van der Waals surface area contributed by atoms with Gasteiger partial charge in [0, 0.05) is 0 Å². The highest BCUT2D eigenvalue weighted by Gasteiger charge is 2.22. The van der Waals surface area contributed by atoms with Gasteiger partial charge in [-0.2, -0.15) is 0 Å². The molecule has 0 fully saturated rings. The lowest BCUT2D eigenvalue weighted by atomic mass is 10.2. The lowest BCUT2D eigenvalue weighted by Gasteiger charge is -2.15. The number of methoxy groups -OCH3 is 2. The summed E-state index contributed by atoms with van der Waals surface area (Å²) < 4.78 is 10.1. The van der Waals surface area contributed by atoms with E-state index in [0.717, 1.165) is 23.4 Å². The molecule has 0 aliphatic heterocycles. The standard InChI is InChI=1S/C16H17N3O6S/c1-9(13(21)18-16(23)25-3)26-15-17-11-7-5-4-6-10(11)14(22)19(15)8-12(20)24-2/h4-7,9H,8H2,1-3H3,(H,18,21,23)/t9-/m0/s1. The molecule has 0 saturated carbocycles. The Morgan fingerprint density at radius 1 is 1.23 bits per heavy atom. The number of imide groups is 1. The van der Waals surface area contributed by atoms with E-state index in [1.807, 2.05) is 5.32 Å². The molecule has 9 nitrogen and oxygen atoms in total. The smallest absolute Gasteiger partial charge is 0.413 e. The normalized spacial score (nSPS) is 11.7. The Morgan fingerprint density at radius 2 is 1.92 bits per heavy atom. The van der Waals surface area contributed by atoms with Gasteiger partial charge in [-0.1, -0.05) is 23.9 Å². The van der Waals surface area contributed by atoms with Crippen molar-refractivity contribution in [3.8, 4) is 0 Å². The minimum atomic E-state index is -0.888. The van der Waals surface area contributed by atoms with Gasteiger partial charge in [0.05, 0.1) is 30.4 Å². The molecule has 2 rings (SSSR count). The molecule has 2 aromatic rings. The molecule has 0 aliphatic carbocycles. The maximum Gasteiger partial charge on any atom is 0.413 e. The van der Waals surface area contributed by atoms with Crippen molar-refractivity contribution in [3.63, 3.8) is 0 Å². The number of fused-ring (bicyclic) bond motifs is 1. The highest BCUT2D eigenvalue weighted by molar-refractivity contribution is 8.00. The van der Waals surface area contributed by atoms with Gasteiger partial charge in [0.1, 0.15) is 6.54 Å². The fourth-order valence-electron chi connectivity index (χ4n) is 2.04. The number of hydrogen-bond acceptors (Lipinski definition) is 8. The van der Waals surface area contributed by atoms with E-state index in [0.29, 0.717) is 10.9 Å². The van der Waals surface area contributed by atoms with Crippen molar-refractivity contribution < 1.29 is 23.9 Å². The van der Waals surface area contributed by atoms with Gasteiger partial charge in [-0.25, -0.2) is 9.78 Å². The molecule has 138 valence electrons. The van der Waals surface area contributed by atoms with Crippen LogP contribution in [0.2, 0.25) is 0 Å². The van der Waals surface area contributed by atoms with Gasteiger partial charge in [0.25, 0.3) is 5.56 Å². The number of carbonyl (C=O) groups excluding carboxylic acids is 3. The highest BCUT2D eigenvalue weighted by Crippen LogP contribution is 2.22. The number of para-hydroxylation sites is 1. The third-order valence-electron chi connectivity index (χ3n) is 3.40. The lowest BCUT2D eigenvalue weighted by Crippen LogP contribution is -2.36. The number of nitrogens with one attached hydrogen (secondary N) is 1. The molecule has 1 heterocycles. The largest absolute Gasteiger partial charge is 0.468 e. The van der Waals surface area contributed by atoms with Gasteiger partial charge in [-0.15, -0.1) is 0 Å².